The van der Waals surface area contributed by atoms with E-state index in [1.807, 2.05) is 72.3 Å². The maximum Gasteiger partial charge on any atom is 0.293 e. The first-order valence-electron chi connectivity index (χ1n) is 9.65. The fourth-order valence-electron chi connectivity index (χ4n) is 3.44. The Labute approximate surface area is 174 Å². The Kier molecular flexibility index (Phi) is 5.67. The number of hydrogen-bond donors (Lipinski definition) is 0. The Balaban J connectivity index is 1.48. The summed E-state index contributed by atoms with van der Waals surface area (Å²) in [6, 6.07) is 22.2. The van der Waals surface area contributed by atoms with Crippen LogP contribution in [0.15, 0.2) is 77.8 Å². The molecule has 2 amide bonds. The highest BCUT2D eigenvalue weighted by Gasteiger charge is 2.34. The molecule has 1 aliphatic rings. The average molecular weight is 403 g/mol. The predicted molar refractivity (Wildman–Crippen MR) is 118 cm³/mol. The monoisotopic (exact) mass is 402 g/mol. The lowest BCUT2D eigenvalue weighted by atomic mass is 10.1. The minimum Gasteiger partial charge on any atom is -0.317 e. The van der Waals surface area contributed by atoms with Crippen molar-refractivity contribution in [2.75, 3.05) is 6.54 Å². The number of hydrogen-bond acceptors (Lipinski definition) is 3. The third kappa shape index (κ3) is 4.35. The number of amides is 2. The number of nitrogens with zero attached hydrogens (tertiary/aromatic N) is 2. The molecular formula is C24H22N2O2S. The summed E-state index contributed by atoms with van der Waals surface area (Å²) in [7, 11) is 0. The van der Waals surface area contributed by atoms with E-state index in [4.69, 9.17) is 0 Å². The highest BCUT2D eigenvalue weighted by Crippen LogP contribution is 2.33. The smallest absolute Gasteiger partial charge is 0.293 e. The second-order valence-corrected chi connectivity index (χ2v) is 8.06. The molecule has 1 aliphatic heterocycles. The van der Waals surface area contributed by atoms with E-state index in [-0.39, 0.29) is 11.1 Å². The number of benzene rings is 2. The van der Waals surface area contributed by atoms with Crippen molar-refractivity contribution < 1.29 is 9.59 Å². The zero-order valence-corrected chi connectivity index (χ0v) is 17.1. The number of imide groups is 1. The molecule has 2 aromatic carbocycles. The van der Waals surface area contributed by atoms with Gasteiger partial charge >= 0.3 is 0 Å². The Morgan fingerprint density at radius 2 is 1.79 bits per heavy atom. The van der Waals surface area contributed by atoms with Crippen LogP contribution < -0.4 is 0 Å². The van der Waals surface area contributed by atoms with Crippen molar-refractivity contribution in [2.24, 2.45) is 0 Å². The van der Waals surface area contributed by atoms with Crippen molar-refractivity contribution in [1.82, 2.24) is 9.47 Å². The van der Waals surface area contributed by atoms with Crippen molar-refractivity contribution in [3.8, 4) is 5.69 Å². The van der Waals surface area contributed by atoms with E-state index >= 15 is 0 Å². The fourth-order valence-corrected chi connectivity index (χ4v) is 4.29. The SMILES string of the molecule is Cc1cccc(-n2cccc2/C=C2/SC(=O)N(CCCc3ccccc3)C2=O)c1. The molecule has 3 aromatic rings. The Bertz CT molecular complexity index is 1070. The summed E-state index contributed by atoms with van der Waals surface area (Å²) in [6.45, 7) is 2.49. The molecule has 0 aliphatic carbocycles. The lowest BCUT2D eigenvalue weighted by Crippen LogP contribution is -2.29. The number of carbonyl (C=O) groups is 2. The summed E-state index contributed by atoms with van der Waals surface area (Å²) in [5, 5.41) is -0.192. The molecule has 0 N–H and O–H groups in total. The Morgan fingerprint density at radius 1 is 0.966 bits per heavy atom. The maximum atomic E-state index is 12.8. The summed E-state index contributed by atoms with van der Waals surface area (Å²) < 4.78 is 2.02. The van der Waals surface area contributed by atoms with Gasteiger partial charge in [0, 0.05) is 24.1 Å². The van der Waals surface area contributed by atoms with Gasteiger partial charge in [-0.3, -0.25) is 14.5 Å². The largest absolute Gasteiger partial charge is 0.317 e. The van der Waals surface area contributed by atoms with Crippen LogP contribution in [0.1, 0.15) is 23.2 Å². The van der Waals surface area contributed by atoms with Gasteiger partial charge in [-0.25, -0.2) is 0 Å². The molecule has 146 valence electrons. The van der Waals surface area contributed by atoms with Gasteiger partial charge in [-0.15, -0.1) is 0 Å². The molecule has 4 nitrogen and oxygen atoms in total. The lowest BCUT2D eigenvalue weighted by Gasteiger charge is -2.12. The zero-order chi connectivity index (χ0) is 20.2. The van der Waals surface area contributed by atoms with Gasteiger partial charge in [-0.1, -0.05) is 42.5 Å². The minimum atomic E-state index is -0.204. The zero-order valence-electron chi connectivity index (χ0n) is 16.2. The summed E-state index contributed by atoms with van der Waals surface area (Å²) in [5.41, 5.74) is 4.29. The van der Waals surface area contributed by atoms with Crippen LogP contribution in [0.5, 0.6) is 0 Å². The quantitative estimate of drug-likeness (QED) is 0.515. The molecule has 0 bridgehead atoms. The molecule has 1 aromatic heterocycles. The third-order valence-electron chi connectivity index (χ3n) is 4.90. The number of carbonyl (C=O) groups excluding carboxylic acids is 2. The standard InChI is InChI=1S/C24H22N2O2S/c1-18-8-5-12-20(16-18)25-14-7-13-21(25)17-22-23(27)26(24(28)29-22)15-6-11-19-9-3-2-4-10-19/h2-5,7-10,12-14,16-17H,6,11,15H2,1H3/b22-17+. The van der Waals surface area contributed by atoms with Crippen LogP contribution in [0.4, 0.5) is 4.79 Å². The Hall–Kier alpha value is -3.05. The first-order chi connectivity index (χ1) is 14.1. The van der Waals surface area contributed by atoms with E-state index in [0.29, 0.717) is 11.4 Å². The minimum absolute atomic E-state index is 0.192. The molecule has 1 fully saturated rings. The van der Waals surface area contributed by atoms with Gasteiger partial charge in [-0.05, 0) is 73.0 Å². The van der Waals surface area contributed by atoms with Crippen molar-refractivity contribution in [3.63, 3.8) is 0 Å². The van der Waals surface area contributed by atoms with Crippen LogP contribution in [0.25, 0.3) is 11.8 Å². The van der Waals surface area contributed by atoms with Crippen molar-refractivity contribution in [2.45, 2.75) is 19.8 Å². The molecule has 2 heterocycles. The molecule has 4 rings (SSSR count). The van der Waals surface area contributed by atoms with Crippen LogP contribution in [-0.2, 0) is 11.2 Å². The fraction of sp³-hybridized carbons (Fsp3) is 0.167. The first-order valence-corrected chi connectivity index (χ1v) is 10.5. The maximum absolute atomic E-state index is 12.8. The van der Waals surface area contributed by atoms with Crippen molar-refractivity contribution in [3.05, 3.63) is 94.7 Å². The highest BCUT2D eigenvalue weighted by atomic mass is 32.2. The van der Waals surface area contributed by atoms with Crippen LogP contribution >= 0.6 is 11.8 Å². The van der Waals surface area contributed by atoms with Crippen LogP contribution in [-0.4, -0.2) is 27.2 Å². The number of thioether (sulfide) groups is 1. The van der Waals surface area contributed by atoms with E-state index in [1.165, 1.54) is 16.0 Å². The lowest BCUT2D eigenvalue weighted by molar-refractivity contribution is -0.122. The molecular weight excluding hydrogens is 380 g/mol. The highest BCUT2D eigenvalue weighted by molar-refractivity contribution is 8.18. The molecule has 1 saturated heterocycles. The van der Waals surface area contributed by atoms with Crippen LogP contribution in [0.2, 0.25) is 0 Å². The Morgan fingerprint density at radius 3 is 2.59 bits per heavy atom. The van der Waals surface area contributed by atoms with E-state index < -0.39 is 0 Å². The van der Waals surface area contributed by atoms with Gasteiger partial charge < -0.3 is 4.57 Å². The van der Waals surface area contributed by atoms with Gasteiger partial charge in [0.2, 0.25) is 0 Å². The van der Waals surface area contributed by atoms with Gasteiger partial charge in [0.25, 0.3) is 11.1 Å². The van der Waals surface area contributed by atoms with Crippen molar-refractivity contribution in [1.29, 1.82) is 0 Å². The van der Waals surface area contributed by atoms with Gasteiger partial charge in [-0.2, -0.15) is 0 Å². The molecule has 0 spiro atoms. The van der Waals surface area contributed by atoms with Crippen LogP contribution in [0.3, 0.4) is 0 Å². The van der Waals surface area contributed by atoms with Gasteiger partial charge in [0.1, 0.15) is 0 Å². The molecule has 0 unspecified atom stereocenters. The summed E-state index contributed by atoms with van der Waals surface area (Å²) in [6.07, 6.45) is 5.38. The molecule has 5 heteroatoms. The normalized spacial score (nSPS) is 15.5. The molecule has 0 saturated carbocycles. The third-order valence-corrected chi connectivity index (χ3v) is 5.81. The predicted octanol–water partition coefficient (Wildman–Crippen LogP) is 5.45. The molecule has 0 atom stereocenters. The van der Waals surface area contributed by atoms with E-state index in [0.717, 1.165) is 36.0 Å². The van der Waals surface area contributed by atoms with Crippen LogP contribution in [0, 0.1) is 6.92 Å². The molecule has 29 heavy (non-hydrogen) atoms. The van der Waals surface area contributed by atoms with Gasteiger partial charge in [0.15, 0.2) is 0 Å². The topological polar surface area (TPSA) is 42.3 Å². The average Bonchev–Trinajstić information content (AvgIpc) is 3.29. The second kappa shape index (κ2) is 8.53. The first kappa shape index (κ1) is 19.3. The summed E-state index contributed by atoms with van der Waals surface area (Å²) in [5.74, 6) is -0.204. The van der Waals surface area contributed by atoms with Crippen molar-refractivity contribution >= 4 is 29.0 Å². The summed E-state index contributed by atoms with van der Waals surface area (Å²) >= 11 is 1.02. The van der Waals surface area contributed by atoms with Gasteiger partial charge in [0.05, 0.1) is 4.91 Å². The van der Waals surface area contributed by atoms with E-state index in [1.54, 1.807) is 0 Å². The number of rotatable bonds is 6. The second-order valence-electron chi connectivity index (χ2n) is 7.06. The van der Waals surface area contributed by atoms with E-state index in [9.17, 15) is 9.59 Å². The van der Waals surface area contributed by atoms with E-state index in [2.05, 4.69) is 18.2 Å². The number of aromatic nitrogens is 1. The number of aryl methyl sites for hydroxylation is 2. The molecule has 0 radical (unpaired) electrons. The summed E-state index contributed by atoms with van der Waals surface area (Å²) in [4.78, 5) is 27.0.